The van der Waals surface area contributed by atoms with Crippen molar-refractivity contribution in [3.63, 3.8) is 0 Å². The molecule has 19 heteroatoms. The highest BCUT2D eigenvalue weighted by Crippen LogP contribution is 2.48. The van der Waals surface area contributed by atoms with Crippen molar-refractivity contribution in [1.29, 1.82) is 0 Å². The number of rotatable bonds is 9. The van der Waals surface area contributed by atoms with Gasteiger partial charge in [-0.15, -0.1) is 0 Å². The Kier molecular flexibility index (Phi) is 8.84. The van der Waals surface area contributed by atoms with E-state index in [2.05, 4.69) is 5.32 Å². The van der Waals surface area contributed by atoms with Gasteiger partial charge >= 0.3 is 5.97 Å². The third-order valence-corrected chi connectivity index (χ3v) is 12.1. The first-order valence-electron chi connectivity index (χ1n) is 15.2. The van der Waals surface area contributed by atoms with Crippen LogP contribution in [0.1, 0.15) is 26.3 Å². The maximum atomic E-state index is 14.7. The van der Waals surface area contributed by atoms with E-state index in [1.54, 1.807) is 18.2 Å². The van der Waals surface area contributed by atoms with Gasteiger partial charge in [0.1, 0.15) is 4.90 Å². The molecule has 0 amide bonds. The van der Waals surface area contributed by atoms with Crippen molar-refractivity contribution in [2.75, 3.05) is 5.32 Å². The molecule has 1 heterocycles. The van der Waals surface area contributed by atoms with Gasteiger partial charge in [-0.25, -0.2) is 4.79 Å². The first-order chi connectivity index (χ1) is 25.3. The minimum Gasteiger partial charge on any atom is -0.478 e. The zero-order valence-electron chi connectivity index (χ0n) is 26.9. The predicted molar refractivity (Wildman–Crippen MR) is 195 cm³/mol. The third kappa shape index (κ3) is 6.47. The molecule has 1 aliphatic carbocycles. The van der Waals surface area contributed by atoms with E-state index < -0.39 is 67.9 Å². The fourth-order valence-electron chi connectivity index (χ4n) is 6.14. The summed E-state index contributed by atoms with van der Waals surface area (Å²) in [5.41, 5.74) is -0.703. The number of fused-ring (bicyclic) bond motifs is 2. The van der Waals surface area contributed by atoms with Gasteiger partial charge in [-0.05, 0) is 78.4 Å². The van der Waals surface area contributed by atoms with Crippen LogP contribution in [0.25, 0.3) is 27.7 Å². The van der Waals surface area contributed by atoms with Gasteiger partial charge in [0, 0.05) is 27.1 Å². The van der Waals surface area contributed by atoms with Crippen LogP contribution in [0.4, 0.5) is 11.4 Å². The lowest BCUT2D eigenvalue weighted by Gasteiger charge is -2.26. The van der Waals surface area contributed by atoms with E-state index in [9.17, 15) is 58.4 Å². The van der Waals surface area contributed by atoms with Crippen molar-refractivity contribution in [1.82, 2.24) is 4.57 Å². The molecule has 7 rings (SSSR count). The Bertz CT molecular complexity index is 3030. The van der Waals surface area contributed by atoms with Crippen LogP contribution in [-0.2, 0) is 30.4 Å². The van der Waals surface area contributed by atoms with Crippen LogP contribution in [0.5, 0.6) is 0 Å². The standard InChI is InChI=1S/C35H22N2O13S4/c38-32-24-7-2-1-6-23(24)29-31-27(15-14-26(30(31)32)36-25-13-8-18(35(40)41)16-28(25)54(48,49)50)37(19-9-11-21(12-10-19)52(42,43)44)34(39)33(29)51-20-4-3-5-22(17-20)53(45,46)47/h1-17,36H,(H,40,41)(H,42,43,44)(H,45,46,47)(H,48,49,50). The molecule has 0 fully saturated rings. The molecule has 5 N–H and O–H groups in total. The molecule has 0 radical (unpaired) electrons. The molecule has 0 aliphatic heterocycles. The summed E-state index contributed by atoms with van der Waals surface area (Å²) in [6.07, 6.45) is 0. The van der Waals surface area contributed by atoms with Gasteiger partial charge in [-0.1, -0.05) is 42.1 Å². The highest BCUT2D eigenvalue weighted by Gasteiger charge is 2.33. The fourth-order valence-corrected chi connectivity index (χ4v) is 8.96. The van der Waals surface area contributed by atoms with Crippen LogP contribution < -0.4 is 10.9 Å². The van der Waals surface area contributed by atoms with Crippen molar-refractivity contribution >= 4 is 76.1 Å². The largest absolute Gasteiger partial charge is 0.478 e. The molecule has 5 aromatic carbocycles. The van der Waals surface area contributed by atoms with Crippen LogP contribution >= 0.6 is 11.8 Å². The maximum absolute atomic E-state index is 14.7. The van der Waals surface area contributed by atoms with E-state index in [-0.39, 0.29) is 54.4 Å². The summed E-state index contributed by atoms with van der Waals surface area (Å²) in [5, 5.41) is 12.4. The minimum atomic E-state index is -5.03. The molecule has 54 heavy (non-hydrogen) atoms. The summed E-state index contributed by atoms with van der Waals surface area (Å²) in [6.45, 7) is 0. The van der Waals surface area contributed by atoms with E-state index in [1.807, 2.05) is 0 Å². The zero-order chi connectivity index (χ0) is 38.9. The molecular formula is C35H22N2O13S4. The van der Waals surface area contributed by atoms with Gasteiger partial charge in [0.2, 0.25) is 0 Å². The average molecular weight is 807 g/mol. The Balaban J connectivity index is 1.59. The number of anilines is 2. The summed E-state index contributed by atoms with van der Waals surface area (Å²) in [7, 11) is -14.3. The van der Waals surface area contributed by atoms with E-state index in [1.165, 1.54) is 47.0 Å². The number of nitrogens with one attached hydrogen (secondary N) is 1. The molecule has 0 atom stereocenters. The highest BCUT2D eigenvalue weighted by atomic mass is 32.2. The van der Waals surface area contributed by atoms with Crippen LogP contribution in [-0.4, -0.2) is 60.3 Å². The van der Waals surface area contributed by atoms with Gasteiger partial charge in [-0.3, -0.25) is 27.8 Å². The SMILES string of the molecule is O=C(O)c1ccc(Nc2ccc3c4c2C(=O)c2ccccc2-c4c(Sc2cccc(S(=O)(=O)O)c2)c(=O)n3-c2ccc(S(=O)(=O)O)cc2)c(S(=O)(=O)O)c1. The maximum Gasteiger partial charge on any atom is 0.335 e. The highest BCUT2D eigenvalue weighted by molar-refractivity contribution is 7.99. The van der Waals surface area contributed by atoms with E-state index in [4.69, 9.17) is 0 Å². The Morgan fingerprint density at radius 3 is 1.93 bits per heavy atom. The second kappa shape index (κ2) is 13.0. The lowest BCUT2D eigenvalue weighted by atomic mass is 9.83. The Morgan fingerprint density at radius 1 is 0.648 bits per heavy atom. The Labute approximate surface area is 309 Å². The molecule has 1 aliphatic rings. The number of nitrogens with zero attached hydrogens (tertiary/aromatic N) is 1. The lowest BCUT2D eigenvalue weighted by Crippen LogP contribution is -2.25. The van der Waals surface area contributed by atoms with Crippen molar-refractivity contribution in [2.45, 2.75) is 24.5 Å². The third-order valence-electron chi connectivity index (χ3n) is 8.46. The van der Waals surface area contributed by atoms with E-state index in [0.717, 1.165) is 54.2 Å². The van der Waals surface area contributed by atoms with Crippen molar-refractivity contribution in [3.05, 3.63) is 130 Å². The number of aromatic nitrogens is 1. The summed E-state index contributed by atoms with van der Waals surface area (Å²) >= 11 is 0.810. The van der Waals surface area contributed by atoms with Gasteiger partial charge < -0.3 is 10.4 Å². The van der Waals surface area contributed by atoms with Gasteiger partial charge in [-0.2, -0.15) is 25.3 Å². The molecule has 0 saturated heterocycles. The number of ketones is 1. The van der Waals surface area contributed by atoms with Crippen molar-refractivity contribution in [2.24, 2.45) is 0 Å². The normalized spacial score (nSPS) is 12.8. The summed E-state index contributed by atoms with van der Waals surface area (Å²) < 4.78 is 103. The number of carboxylic acid groups (broad SMARTS) is 1. The summed E-state index contributed by atoms with van der Waals surface area (Å²) in [5.74, 6) is -2.06. The number of carbonyl (C=O) groups excluding carboxylic acids is 1. The molecule has 6 aromatic rings. The van der Waals surface area contributed by atoms with Crippen LogP contribution in [0, 0.1) is 0 Å². The van der Waals surface area contributed by atoms with Gasteiger partial charge in [0.05, 0.1) is 42.7 Å². The molecule has 0 spiro atoms. The topological polar surface area (TPSA) is 252 Å². The number of hydrogen-bond donors (Lipinski definition) is 5. The minimum absolute atomic E-state index is 0.0209. The predicted octanol–water partition coefficient (Wildman–Crippen LogP) is 5.54. The lowest BCUT2D eigenvalue weighted by molar-refractivity contribution is 0.0696. The average Bonchev–Trinajstić information content (AvgIpc) is 3.11. The molecule has 0 bridgehead atoms. The number of carbonyl (C=O) groups is 2. The number of benzene rings is 5. The Hall–Kier alpha value is -5.67. The van der Waals surface area contributed by atoms with Crippen LogP contribution in [0.15, 0.2) is 132 Å². The second-order valence-electron chi connectivity index (χ2n) is 11.7. The van der Waals surface area contributed by atoms with Gasteiger partial charge in [0.15, 0.2) is 5.78 Å². The van der Waals surface area contributed by atoms with Crippen molar-refractivity contribution in [3.8, 4) is 16.8 Å². The summed E-state index contributed by atoms with van der Waals surface area (Å²) in [6, 6.07) is 21.7. The van der Waals surface area contributed by atoms with Gasteiger partial charge in [0.25, 0.3) is 35.9 Å². The molecule has 0 unspecified atom stereocenters. The van der Waals surface area contributed by atoms with Crippen molar-refractivity contribution < 1.29 is 53.6 Å². The molecule has 1 aromatic heterocycles. The second-order valence-corrected chi connectivity index (χ2v) is 17.1. The number of hydrogen-bond acceptors (Lipinski definition) is 11. The monoisotopic (exact) mass is 806 g/mol. The quantitative estimate of drug-likeness (QED) is 0.112. The fraction of sp³-hybridized carbons (Fsp3) is 0. The van der Waals surface area contributed by atoms with E-state index in [0.29, 0.717) is 5.56 Å². The van der Waals surface area contributed by atoms with Crippen LogP contribution in [0.2, 0.25) is 0 Å². The molecular weight excluding hydrogens is 785 g/mol. The number of carboxylic acids is 1. The first kappa shape index (κ1) is 36.7. The Morgan fingerprint density at radius 2 is 1.30 bits per heavy atom. The molecule has 15 nitrogen and oxygen atoms in total. The smallest absolute Gasteiger partial charge is 0.335 e. The molecule has 274 valence electrons. The van der Waals surface area contributed by atoms with Crippen LogP contribution in [0.3, 0.4) is 0 Å². The van der Waals surface area contributed by atoms with E-state index >= 15 is 0 Å². The molecule has 0 saturated carbocycles. The number of pyridine rings is 1. The number of aromatic carboxylic acids is 1. The summed E-state index contributed by atoms with van der Waals surface area (Å²) in [4.78, 5) is 39.2. The first-order valence-corrected chi connectivity index (χ1v) is 20.3. The zero-order valence-corrected chi connectivity index (χ0v) is 30.1.